The van der Waals surface area contributed by atoms with Crippen LogP contribution in [0.25, 0.3) is 0 Å². The van der Waals surface area contributed by atoms with E-state index >= 15 is 0 Å². The first-order chi connectivity index (χ1) is 10.3. The largest absolute Gasteiger partial charge is 0.481 e. The van der Waals surface area contributed by atoms with Gasteiger partial charge in [-0.05, 0) is 23.1 Å². The Morgan fingerprint density at radius 3 is 2.45 bits per heavy atom. The molecule has 6 heteroatoms. The third-order valence-electron chi connectivity index (χ3n) is 4.26. The normalized spacial score (nSPS) is 21.8. The number of carbonyl (C=O) groups is 3. The summed E-state index contributed by atoms with van der Waals surface area (Å²) in [6.45, 7) is 3.83. The molecule has 22 heavy (non-hydrogen) atoms. The fourth-order valence-electron chi connectivity index (χ4n) is 2.85. The van der Waals surface area contributed by atoms with Gasteiger partial charge in [-0.25, -0.2) is 0 Å². The Labute approximate surface area is 128 Å². The number of amides is 2. The zero-order valence-electron chi connectivity index (χ0n) is 12.8. The van der Waals surface area contributed by atoms with Gasteiger partial charge in [-0.3, -0.25) is 14.4 Å². The predicted octanol–water partition coefficient (Wildman–Crippen LogP) is 1.02. The molecule has 3 N–H and O–H groups in total. The van der Waals surface area contributed by atoms with Crippen LogP contribution in [0.15, 0.2) is 24.3 Å². The Morgan fingerprint density at radius 2 is 1.91 bits per heavy atom. The van der Waals surface area contributed by atoms with Gasteiger partial charge in [-0.15, -0.1) is 0 Å². The third-order valence-corrected chi connectivity index (χ3v) is 4.26. The Bertz CT molecular complexity index is 624. The Morgan fingerprint density at radius 1 is 1.23 bits per heavy atom. The smallest absolute Gasteiger partial charge is 0.307 e. The molecule has 0 aliphatic heterocycles. The standard InChI is InChI=1S/C16H20N2O4/c1-16(2)11(12(16)15(21)22)14(20)18-8-9-5-4-6-10(7-9)13(19)17-3/h4-7,11-12H,8H2,1-3H3,(H,17,19)(H,18,20)(H,21,22)/t11-,12+/m0/s1. The van der Waals surface area contributed by atoms with Crippen molar-refractivity contribution in [2.75, 3.05) is 7.05 Å². The number of rotatable bonds is 5. The van der Waals surface area contributed by atoms with Gasteiger partial charge in [0.25, 0.3) is 5.91 Å². The van der Waals surface area contributed by atoms with Crippen LogP contribution in [0.1, 0.15) is 29.8 Å². The second-order valence-electron chi connectivity index (χ2n) is 6.11. The van der Waals surface area contributed by atoms with E-state index in [0.717, 1.165) is 5.56 Å². The lowest BCUT2D eigenvalue weighted by atomic mass is 10.1. The summed E-state index contributed by atoms with van der Waals surface area (Å²) in [6, 6.07) is 6.94. The molecule has 2 atom stereocenters. The first-order valence-corrected chi connectivity index (χ1v) is 7.10. The topological polar surface area (TPSA) is 95.5 Å². The molecule has 118 valence electrons. The summed E-state index contributed by atoms with van der Waals surface area (Å²) in [6.07, 6.45) is 0. The molecule has 0 radical (unpaired) electrons. The maximum atomic E-state index is 12.1. The summed E-state index contributed by atoms with van der Waals surface area (Å²) < 4.78 is 0. The van der Waals surface area contributed by atoms with Crippen LogP contribution in [-0.4, -0.2) is 29.9 Å². The van der Waals surface area contributed by atoms with Crippen molar-refractivity contribution in [3.63, 3.8) is 0 Å². The van der Waals surface area contributed by atoms with E-state index in [4.69, 9.17) is 5.11 Å². The summed E-state index contributed by atoms with van der Waals surface area (Å²) in [7, 11) is 1.55. The molecule has 1 aliphatic rings. The first kappa shape index (κ1) is 16.0. The lowest BCUT2D eigenvalue weighted by molar-refractivity contribution is -0.140. The van der Waals surface area contributed by atoms with E-state index in [2.05, 4.69) is 10.6 Å². The van der Waals surface area contributed by atoms with Crippen LogP contribution >= 0.6 is 0 Å². The molecule has 0 unspecified atom stereocenters. The van der Waals surface area contributed by atoms with E-state index in [1.54, 1.807) is 45.2 Å². The number of carboxylic acids is 1. The number of carboxylic acid groups (broad SMARTS) is 1. The number of aliphatic carboxylic acids is 1. The van der Waals surface area contributed by atoms with Gasteiger partial charge in [-0.2, -0.15) is 0 Å². The molecular formula is C16H20N2O4. The van der Waals surface area contributed by atoms with Gasteiger partial charge in [0.1, 0.15) is 0 Å². The second kappa shape index (κ2) is 5.79. The maximum absolute atomic E-state index is 12.1. The van der Waals surface area contributed by atoms with Crippen molar-refractivity contribution in [2.45, 2.75) is 20.4 Å². The highest BCUT2D eigenvalue weighted by atomic mass is 16.4. The van der Waals surface area contributed by atoms with Crippen molar-refractivity contribution in [3.8, 4) is 0 Å². The molecule has 6 nitrogen and oxygen atoms in total. The van der Waals surface area contributed by atoms with Crippen LogP contribution < -0.4 is 10.6 Å². The van der Waals surface area contributed by atoms with Crippen molar-refractivity contribution >= 4 is 17.8 Å². The summed E-state index contributed by atoms with van der Waals surface area (Å²) in [5, 5.41) is 14.4. The average molecular weight is 304 g/mol. The fraction of sp³-hybridized carbons (Fsp3) is 0.438. The monoisotopic (exact) mass is 304 g/mol. The molecule has 0 spiro atoms. The molecule has 1 saturated carbocycles. The average Bonchev–Trinajstić information content (AvgIpc) is 3.07. The van der Waals surface area contributed by atoms with E-state index < -0.39 is 23.2 Å². The molecular weight excluding hydrogens is 284 g/mol. The van der Waals surface area contributed by atoms with Gasteiger partial charge < -0.3 is 15.7 Å². The van der Waals surface area contributed by atoms with Crippen molar-refractivity contribution in [2.24, 2.45) is 17.3 Å². The van der Waals surface area contributed by atoms with E-state index in [-0.39, 0.29) is 18.4 Å². The molecule has 1 aromatic carbocycles. The van der Waals surface area contributed by atoms with Crippen molar-refractivity contribution in [1.82, 2.24) is 10.6 Å². The van der Waals surface area contributed by atoms with Crippen LogP contribution in [0.5, 0.6) is 0 Å². The van der Waals surface area contributed by atoms with Crippen LogP contribution in [0.4, 0.5) is 0 Å². The minimum atomic E-state index is -0.938. The summed E-state index contributed by atoms with van der Waals surface area (Å²) >= 11 is 0. The zero-order chi connectivity index (χ0) is 16.5. The Balaban J connectivity index is 1.98. The number of benzene rings is 1. The van der Waals surface area contributed by atoms with Gasteiger partial charge in [0.05, 0.1) is 11.8 Å². The highest BCUT2D eigenvalue weighted by Gasteiger charge is 2.65. The summed E-state index contributed by atoms with van der Waals surface area (Å²) in [4.78, 5) is 34.8. The van der Waals surface area contributed by atoms with Gasteiger partial charge >= 0.3 is 5.97 Å². The molecule has 2 amide bonds. The van der Waals surface area contributed by atoms with Gasteiger partial charge in [-0.1, -0.05) is 26.0 Å². The van der Waals surface area contributed by atoms with Crippen molar-refractivity contribution in [3.05, 3.63) is 35.4 Å². The zero-order valence-corrected chi connectivity index (χ0v) is 12.8. The van der Waals surface area contributed by atoms with Gasteiger partial charge in [0, 0.05) is 19.2 Å². The maximum Gasteiger partial charge on any atom is 0.307 e. The molecule has 1 fully saturated rings. The molecule has 1 aromatic rings. The van der Waals surface area contributed by atoms with Crippen molar-refractivity contribution < 1.29 is 19.5 Å². The number of hydrogen-bond acceptors (Lipinski definition) is 3. The van der Waals surface area contributed by atoms with Gasteiger partial charge in [0.15, 0.2) is 0 Å². The summed E-state index contributed by atoms with van der Waals surface area (Å²) in [5.74, 6) is -2.53. The first-order valence-electron chi connectivity index (χ1n) is 7.10. The molecule has 2 rings (SSSR count). The fourth-order valence-corrected chi connectivity index (χ4v) is 2.85. The minimum Gasteiger partial charge on any atom is -0.481 e. The predicted molar refractivity (Wildman–Crippen MR) is 80.1 cm³/mol. The van der Waals surface area contributed by atoms with Gasteiger partial charge in [0.2, 0.25) is 5.91 Å². The van der Waals surface area contributed by atoms with Crippen LogP contribution in [-0.2, 0) is 16.1 Å². The number of nitrogens with one attached hydrogen (secondary N) is 2. The second-order valence-corrected chi connectivity index (χ2v) is 6.11. The molecule has 0 bridgehead atoms. The quantitative estimate of drug-likeness (QED) is 0.757. The van der Waals surface area contributed by atoms with E-state index in [9.17, 15) is 14.4 Å². The summed E-state index contributed by atoms with van der Waals surface area (Å²) in [5.41, 5.74) is 0.795. The minimum absolute atomic E-state index is 0.192. The highest BCUT2D eigenvalue weighted by Crippen LogP contribution is 2.58. The molecule has 0 saturated heterocycles. The Hall–Kier alpha value is -2.37. The molecule has 0 heterocycles. The lowest BCUT2D eigenvalue weighted by Crippen LogP contribution is -2.27. The number of hydrogen-bond donors (Lipinski definition) is 3. The highest BCUT2D eigenvalue weighted by molar-refractivity contribution is 5.94. The molecule has 1 aliphatic carbocycles. The Kier molecular flexibility index (Phi) is 4.21. The van der Waals surface area contributed by atoms with Crippen LogP contribution in [0, 0.1) is 17.3 Å². The SMILES string of the molecule is CNC(=O)c1cccc(CNC(=O)[C@@H]2[C@H](C(=O)O)C2(C)C)c1. The number of carbonyl (C=O) groups excluding carboxylic acids is 2. The van der Waals surface area contributed by atoms with E-state index in [1.807, 2.05) is 0 Å². The van der Waals surface area contributed by atoms with Crippen LogP contribution in [0.2, 0.25) is 0 Å². The van der Waals surface area contributed by atoms with Crippen LogP contribution in [0.3, 0.4) is 0 Å². The third kappa shape index (κ3) is 2.95. The lowest BCUT2D eigenvalue weighted by Gasteiger charge is -2.07. The van der Waals surface area contributed by atoms with E-state index in [0.29, 0.717) is 5.56 Å². The van der Waals surface area contributed by atoms with E-state index in [1.165, 1.54) is 0 Å². The molecule has 0 aromatic heterocycles. The van der Waals surface area contributed by atoms with Crippen molar-refractivity contribution in [1.29, 1.82) is 0 Å².